The highest BCUT2D eigenvalue weighted by Gasteiger charge is 2.34. The van der Waals surface area contributed by atoms with Crippen molar-refractivity contribution in [2.45, 2.75) is 25.4 Å². The van der Waals surface area contributed by atoms with Gasteiger partial charge in [0, 0.05) is 18.7 Å². The number of aliphatic hydroxyl groups excluding tert-OH is 1. The van der Waals surface area contributed by atoms with E-state index < -0.39 is 23.5 Å². The Morgan fingerprint density at radius 2 is 1.90 bits per heavy atom. The minimum absolute atomic E-state index is 0.0564. The number of carbonyl (C=O) groups excluding carboxylic acids is 1. The topological polar surface area (TPSA) is 49.3 Å². The number of hydrogen-bond donors (Lipinski definition) is 2. The van der Waals surface area contributed by atoms with Gasteiger partial charge in [-0.1, -0.05) is 0 Å². The molecular weight excluding hydrogens is 278 g/mol. The fourth-order valence-corrected chi connectivity index (χ4v) is 1.60. The number of rotatable bonds is 6. The average molecular weight is 293 g/mol. The number of halogens is 4. The molecule has 2 N–H and O–H groups in total. The van der Waals surface area contributed by atoms with Gasteiger partial charge in [-0.2, -0.15) is 13.2 Å². The van der Waals surface area contributed by atoms with Gasteiger partial charge in [0.05, 0.1) is 5.56 Å². The summed E-state index contributed by atoms with van der Waals surface area (Å²) in [5.41, 5.74) is -1.69. The fraction of sp³-hybridized carbons (Fsp3) is 0.462. The van der Waals surface area contributed by atoms with E-state index in [0.29, 0.717) is 31.4 Å². The molecule has 0 bridgehead atoms. The van der Waals surface area contributed by atoms with E-state index in [9.17, 15) is 22.4 Å². The number of carbonyl (C=O) groups is 1. The Morgan fingerprint density at radius 1 is 1.20 bits per heavy atom. The first-order chi connectivity index (χ1) is 9.36. The average Bonchev–Trinajstić information content (AvgIpc) is 2.37. The summed E-state index contributed by atoms with van der Waals surface area (Å²) in [7, 11) is 0. The van der Waals surface area contributed by atoms with E-state index in [0.717, 1.165) is 6.07 Å². The Hall–Kier alpha value is -1.63. The van der Waals surface area contributed by atoms with Gasteiger partial charge in [0.1, 0.15) is 5.82 Å². The Balaban J connectivity index is 2.65. The smallest absolute Gasteiger partial charge is 0.396 e. The minimum Gasteiger partial charge on any atom is -0.396 e. The van der Waals surface area contributed by atoms with Crippen LogP contribution in [0, 0.1) is 5.82 Å². The van der Waals surface area contributed by atoms with Crippen LogP contribution in [-0.2, 0) is 6.18 Å². The first-order valence-electron chi connectivity index (χ1n) is 6.12. The molecule has 0 aliphatic heterocycles. The number of aliphatic hydroxyl groups is 1. The maximum Gasteiger partial charge on any atom is 0.419 e. The summed E-state index contributed by atoms with van der Waals surface area (Å²) in [5, 5.41) is 11.0. The molecule has 0 saturated carbocycles. The molecule has 0 radical (unpaired) electrons. The molecule has 0 aliphatic rings. The lowest BCUT2D eigenvalue weighted by atomic mass is 10.1. The molecule has 7 heteroatoms. The normalized spacial score (nSPS) is 11.4. The van der Waals surface area contributed by atoms with Gasteiger partial charge in [0.15, 0.2) is 0 Å². The van der Waals surface area contributed by atoms with Crippen molar-refractivity contribution in [1.82, 2.24) is 5.32 Å². The van der Waals surface area contributed by atoms with Gasteiger partial charge >= 0.3 is 6.18 Å². The molecule has 0 aromatic heterocycles. The highest BCUT2D eigenvalue weighted by molar-refractivity contribution is 5.94. The zero-order valence-corrected chi connectivity index (χ0v) is 10.6. The second-order valence-electron chi connectivity index (χ2n) is 4.23. The number of benzene rings is 1. The summed E-state index contributed by atoms with van der Waals surface area (Å²) < 4.78 is 50.5. The first kappa shape index (κ1) is 16.4. The lowest BCUT2D eigenvalue weighted by molar-refractivity contribution is -0.140. The lowest BCUT2D eigenvalue weighted by Gasteiger charge is -2.10. The highest BCUT2D eigenvalue weighted by atomic mass is 19.4. The summed E-state index contributed by atoms with van der Waals surface area (Å²) in [6.07, 6.45) is -2.92. The van der Waals surface area contributed by atoms with Crippen LogP contribution >= 0.6 is 0 Å². The van der Waals surface area contributed by atoms with Crippen molar-refractivity contribution in [2.24, 2.45) is 0 Å². The van der Waals surface area contributed by atoms with Gasteiger partial charge in [0.25, 0.3) is 5.91 Å². The zero-order chi connectivity index (χ0) is 15.2. The summed E-state index contributed by atoms with van der Waals surface area (Å²) in [6.45, 7) is 0.346. The molecule has 0 fully saturated rings. The van der Waals surface area contributed by atoms with E-state index in [-0.39, 0.29) is 18.7 Å². The van der Waals surface area contributed by atoms with E-state index in [1.165, 1.54) is 0 Å². The molecular formula is C13H15F4NO2. The van der Waals surface area contributed by atoms with E-state index in [4.69, 9.17) is 5.11 Å². The molecule has 1 aromatic rings. The summed E-state index contributed by atoms with van der Waals surface area (Å²) >= 11 is 0. The number of hydrogen-bond acceptors (Lipinski definition) is 2. The molecule has 0 aliphatic carbocycles. The highest BCUT2D eigenvalue weighted by Crippen LogP contribution is 2.31. The van der Waals surface area contributed by atoms with Crippen LogP contribution < -0.4 is 5.32 Å². The Kier molecular flexibility index (Phi) is 5.94. The van der Waals surface area contributed by atoms with Crippen molar-refractivity contribution < 1.29 is 27.5 Å². The minimum atomic E-state index is -4.83. The third-order valence-corrected chi connectivity index (χ3v) is 2.65. The second-order valence-corrected chi connectivity index (χ2v) is 4.23. The number of nitrogens with one attached hydrogen (secondary N) is 1. The second kappa shape index (κ2) is 7.23. The zero-order valence-electron chi connectivity index (χ0n) is 10.6. The predicted octanol–water partition coefficient (Wildman–Crippen LogP) is 2.74. The van der Waals surface area contributed by atoms with Crippen LogP contribution in [0.4, 0.5) is 17.6 Å². The van der Waals surface area contributed by atoms with Crippen LogP contribution in [0.3, 0.4) is 0 Å². The molecule has 0 atom stereocenters. The maximum atomic E-state index is 13.0. The Bertz CT molecular complexity index is 460. The van der Waals surface area contributed by atoms with E-state index >= 15 is 0 Å². The molecule has 1 amide bonds. The van der Waals surface area contributed by atoms with Crippen LogP contribution in [0.2, 0.25) is 0 Å². The van der Waals surface area contributed by atoms with Crippen molar-refractivity contribution >= 4 is 5.91 Å². The predicted molar refractivity (Wildman–Crippen MR) is 64.7 cm³/mol. The van der Waals surface area contributed by atoms with Crippen molar-refractivity contribution in [3.05, 3.63) is 35.1 Å². The molecule has 0 unspecified atom stereocenters. The van der Waals surface area contributed by atoms with Crippen molar-refractivity contribution in [2.75, 3.05) is 13.2 Å². The molecule has 1 rings (SSSR count). The molecule has 0 spiro atoms. The Morgan fingerprint density at radius 3 is 2.50 bits per heavy atom. The van der Waals surface area contributed by atoms with E-state index in [1.807, 2.05) is 0 Å². The van der Waals surface area contributed by atoms with Crippen molar-refractivity contribution in [1.29, 1.82) is 0 Å². The monoisotopic (exact) mass is 293 g/mol. The van der Waals surface area contributed by atoms with Crippen molar-refractivity contribution in [3.63, 3.8) is 0 Å². The summed E-state index contributed by atoms with van der Waals surface area (Å²) in [5.74, 6) is -2.09. The van der Waals surface area contributed by atoms with Gasteiger partial charge in [-0.15, -0.1) is 0 Å². The first-order valence-corrected chi connectivity index (χ1v) is 6.12. The van der Waals surface area contributed by atoms with Gasteiger partial charge in [0.2, 0.25) is 0 Å². The van der Waals surface area contributed by atoms with E-state index in [2.05, 4.69) is 5.32 Å². The summed E-state index contributed by atoms with van der Waals surface area (Å²) in [6, 6.07) is 2.13. The number of alkyl halides is 3. The van der Waals surface area contributed by atoms with Crippen LogP contribution in [-0.4, -0.2) is 24.2 Å². The van der Waals surface area contributed by atoms with E-state index in [1.54, 1.807) is 0 Å². The molecule has 112 valence electrons. The maximum absolute atomic E-state index is 13.0. The van der Waals surface area contributed by atoms with Gasteiger partial charge in [-0.05, 0) is 37.5 Å². The van der Waals surface area contributed by atoms with Crippen LogP contribution in [0.1, 0.15) is 35.2 Å². The van der Waals surface area contributed by atoms with Crippen LogP contribution in [0.5, 0.6) is 0 Å². The fourth-order valence-electron chi connectivity index (χ4n) is 1.60. The number of unbranched alkanes of at least 4 members (excludes halogenated alkanes) is 2. The molecule has 1 aromatic carbocycles. The van der Waals surface area contributed by atoms with Gasteiger partial charge < -0.3 is 10.4 Å². The summed E-state index contributed by atoms with van der Waals surface area (Å²) in [4.78, 5) is 11.6. The molecule has 0 heterocycles. The lowest BCUT2D eigenvalue weighted by Crippen LogP contribution is -2.25. The third-order valence-electron chi connectivity index (χ3n) is 2.65. The van der Waals surface area contributed by atoms with Crippen molar-refractivity contribution in [3.8, 4) is 0 Å². The Labute approximate surface area is 113 Å². The molecule has 20 heavy (non-hydrogen) atoms. The standard InChI is InChI=1S/C13H15F4NO2/c14-11-5-4-9(8-10(11)13(15,16)17)12(20)18-6-2-1-3-7-19/h4-5,8,19H,1-3,6-7H2,(H,18,20). The molecule has 0 saturated heterocycles. The quantitative estimate of drug-likeness (QED) is 0.626. The third kappa shape index (κ3) is 4.80. The van der Waals surface area contributed by atoms with Crippen LogP contribution in [0.15, 0.2) is 18.2 Å². The van der Waals surface area contributed by atoms with Gasteiger partial charge in [-0.3, -0.25) is 4.79 Å². The van der Waals surface area contributed by atoms with Crippen LogP contribution in [0.25, 0.3) is 0 Å². The SMILES string of the molecule is O=C(NCCCCCO)c1ccc(F)c(C(F)(F)F)c1. The largest absolute Gasteiger partial charge is 0.419 e. The van der Waals surface area contributed by atoms with Gasteiger partial charge in [-0.25, -0.2) is 4.39 Å². The number of amides is 1. The molecule has 3 nitrogen and oxygen atoms in total.